The van der Waals surface area contributed by atoms with E-state index in [9.17, 15) is 13.6 Å². The summed E-state index contributed by atoms with van der Waals surface area (Å²) >= 11 is 1.31. The first kappa shape index (κ1) is 17.0. The van der Waals surface area contributed by atoms with Crippen LogP contribution in [0, 0.1) is 32.4 Å². The van der Waals surface area contributed by atoms with E-state index in [1.807, 2.05) is 20.8 Å². The maximum Gasteiger partial charge on any atom is 0.268 e. The van der Waals surface area contributed by atoms with E-state index in [0.29, 0.717) is 41.3 Å². The van der Waals surface area contributed by atoms with Crippen molar-refractivity contribution >= 4 is 33.1 Å². The minimum atomic E-state index is -0.675. The van der Waals surface area contributed by atoms with Crippen molar-refractivity contribution in [1.29, 1.82) is 0 Å². The molecule has 0 radical (unpaired) electrons. The Hall–Kier alpha value is -2.41. The molecule has 1 aromatic carbocycles. The molecule has 0 saturated carbocycles. The van der Waals surface area contributed by atoms with Crippen LogP contribution in [0.3, 0.4) is 0 Å². The average molecular weight is 373 g/mol. The van der Waals surface area contributed by atoms with Crippen molar-refractivity contribution < 1.29 is 13.6 Å². The van der Waals surface area contributed by atoms with E-state index in [1.165, 1.54) is 22.3 Å². The lowest BCUT2D eigenvalue weighted by Gasteiger charge is -2.29. The van der Waals surface area contributed by atoms with Crippen LogP contribution in [0.2, 0.25) is 0 Å². The maximum absolute atomic E-state index is 14.1. The molecule has 0 N–H and O–H groups in total. The highest BCUT2D eigenvalue weighted by molar-refractivity contribution is 7.20. The number of rotatable bonds is 1. The van der Waals surface area contributed by atoms with Gasteiger partial charge in [-0.3, -0.25) is 4.79 Å². The van der Waals surface area contributed by atoms with Crippen molar-refractivity contribution in [3.63, 3.8) is 0 Å². The number of hydrogen-bond donors (Lipinski definition) is 0. The molecule has 0 bridgehead atoms. The lowest BCUT2D eigenvalue weighted by molar-refractivity contribution is 0.0988. The number of halogens is 2. The summed E-state index contributed by atoms with van der Waals surface area (Å²) in [5.41, 5.74) is 2.37. The Morgan fingerprint density at radius 3 is 2.73 bits per heavy atom. The number of benzene rings is 1. The molecule has 7 heteroatoms. The summed E-state index contributed by atoms with van der Waals surface area (Å²) in [5, 5.41) is 0.881. The molecule has 134 valence electrons. The van der Waals surface area contributed by atoms with Gasteiger partial charge in [-0.2, -0.15) is 0 Å². The molecule has 1 aliphatic heterocycles. The molecule has 26 heavy (non-hydrogen) atoms. The third-order valence-corrected chi connectivity index (χ3v) is 5.93. The second-order valence-corrected chi connectivity index (χ2v) is 7.54. The zero-order valence-corrected chi connectivity index (χ0v) is 15.5. The van der Waals surface area contributed by atoms with Gasteiger partial charge in [0.15, 0.2) is 0 Å². The Labute approximate surface area is 153 Å². The second-order valence-electron chi connectivity index (χ2n) is 6.54. The van der Waals surface area contributed by atoms with Crippen molar-refractivity contribution in [2.45, 2.75) is 33.6 Å². The fourth-order valence-corrected chi connectivity index (χ4v) is 4.85. The van der Waals surface area contributed by atoms with Gasteiger partial charge in [0.1, 0.15) is 22.3 Å². The summed E-state index contributed by atoms with van der Waals surface area (Å²) in [5.74, 6) is -0.856. The van der Waals surface area contributed by atoms with Crippen molar-refractivity contribution in [2.75, 3.05) is 11.4 Å². The quantitative estimate of drug-likeness (QED) is 0.631. The molecular formula is C19H17F2N3OS. The van der Waals surface area contributed by atoms with Gasteiger partial charge in [0, 0.05) is 29.3 Å². The number of carbonyl (C=O) groups excluding carboxylic acids is 1. The van der Waals surface area contributed by atoms with E-state index < -0.39 is 11.6 Å². The van der Waals surface area contributed by atoms with E-state index in [1.54, 1.807) is 0 Å². The zero-order valence-electron chi connectivity index (χ0n) is 14.7. The summed E-state index contributed by atoms with van der Waals surface area (Å²) in [7, 11) is 0. The van der Waals surface area contributed by atoms with Gasteiger partial charge in [0.25, 0.3) is 5.91 Å². The summed E-state index contributed by atoms with van der Waals surface area (Å²) in [6.45, 7) is 6.02. The van der Waals surface area contributed by atoms with Crippen LogP contribution < -0.4 is 4.90 Å². The molecule has 1 amide bonds. The SMILES string of the molecule is Cc1nc(C)c2c(C)c(C(=O)N3CCCc4c(F)cc(F)cc43)sc2n1. The lowest BCUT2D eigenvalue weighted by Crippen LogP contribution is -2.35. The number of carbonyl (C=O) groups is 1. The molecule has 0 spiro atoms. The number of amides is 1. The van der Waals surface area contributed by atoms with E-state index >= 15 is 0 Å². The van der Waals surface area contributed by atoms with Crippen LogP contribution in [0.25, 0.3) is 10.2 Å². The predicted molar refractivity (Wildman–Crippen MR) is 98.0 cm³/mol. The van der Waals surface area contributed by atoms with E-state index in [-0.39, 0.29) is 5.91 Å². The molecule has 0 saturated heterocycles. The van der Waals surface area contributed by atoms with Crippen LogP contribution in [0.1, 0.15) is 38.7 Å². The smallest absolute Gasteiger partial charge is 0.268 e. The molecule has 4 nitrogen and oxygen atoms in total. The Kier molecular flexibility index (Phi) is 3.99. The Bertz CT molecular complexity index is 1060. The van der Waals surface area contributed by atoms with Crippen LogP contribution in [-0.2, 0) is 6.42 Å². The molecule has 2 aromatic heterocycles. The van der Waals surface area contributed by atoms with Crippen LogP contribution >= 0.6 is 11.3 Å². The molecule has 1 aliphatic rings. The fourth-order valence-electron chi connectivity index (χ4n) is 3.62. The normalized spacial score (nSPS) is 14.0. The third-order valence-electron chi connectivity index (χ3n) is 4.76. The lowest BCUT2D eigenvalue weighted by atomic mass is 10.00. The van der Waals surface area contributed by atoms with Gasteiger partial charge in [0.05, 0.1) is 10.6 Å². The van der Waals surface area contributed by atoms with Gasteiger partial charge in [-0.15, -0.1) is 11.3 Å². The number of hydrogen-bond acceptors (Lipinski definition) is 4. The summed E-state index contributed by atoms with van der Waals surface area (Å²) in [4.78, 5) is 24.8. The van der Waals surface area contributed by atoms with Gasteiger partial charge in [-0.25, -0.2) is 18.7 Å². The minimum absolute atomic E-state index is 0.242. The van der Waals surface area contributed by atoms with Crippen molar-refractivity contribution in [2.24, 2.45) is 0 Å². The Balaban J connectivity index is 1.85. The summed E-state index contributed by atoms with van der Waals surface area (Å²) in [6.07, 6.45) is 1.14. The molecule has 0 atom stereocenters. The van der Waals surface area contributed by atoms with Crippen molar-refractivity contribution in [3.8, 4) is 0 Å². The van der Waals surface area contributed by atoms with E-state index in [2.05, 4.69) is 9.97 Å². The molecule has 0 unspecified atom stereocenters. The Morgan fingerprint density at radius 1 is 1.19 bits per heavy atom. The highest BCUT2D eigenvalue weighted by Crippen LogP contribution is 2.36. The third kappa shape index (κ3) is 2.58. The second kappa shape index (κ2) is 6.09. The first-order chi connectivity index (χ1) is 12.4. The predicted octanol–water partition coefficient (Wildman–Crippen LogP) is 4.49. The van der Waals surface area contributed by atoms with E-state index in [4.69, 9.17) is 0 Å². The van der Waals surface area contributed by atoms with E-state index in [0.717, 1.165) is 27.5 Å². The van der Waals surface area contributed by atoms with Gasteiger partial charge in [-0.05, 0) is 45.2 Å². The first-order valence-electron chi connectivity index (χ1n) is 8.41. The zero-order chi connectivity index (χ0) is 18.6. The average Bonchev–Trinajstić information content (AvgIpc) is 2.90. The van der Waals surface area contributed by atoms with Crippen LogP contribution in [0.4, 0.5) is 14.5 Å². The minimum Gasteiger partial charge on any atom is -0.307 e. The summed E-state index contributed by atoms with van der Waals surface area (Å²) in [6, 6.07) is 2.12. The molecule has 3 aromatic rings. The van der Waals surface area contributed by atoms with Crippen molar-refractivity contribution in [1.82, 2.24) is 9.97 Å². The highest BCUT2D eigenvalue weighted by Gasteiger charge is 2.29. The van der Waals surface area contributed by atoms with Gasteiger partial charge < -0.3 is 4.90 Å². The number of nitrogens with zero attached hydrogens (tertiary/aromatic N) is 3. The standard InChI is InChI=1S/C19H17F2N3OS/c1-9-16-10(2)22-11(3)23-18(16)26-17(9)19(25)24-6-4-5-13-14(21)7-12(20)8-15(13)24/h7-8H,4-6H2,1-3H3. The van der Waals surface area contributed by atoms with Gasteiger partial charge >= 0.3 is 0 Å². The first-order valence-corrected chi connectivity index (χ1v) is 9.22. The number of aryl methyl sites for hydroxylation is 3. The largest absolute Gasteiger partial charge is 0.307 e. The van der Waals surface area contributed by atoms with Gasteiger partial charge in [0.2, 0.25) is 0 Å². The molecule has 0 fully saturated rings. The number of thiophene rings is 1. The molecule has 3 heterocycles. The molecule has 0 aliphatic carbocycles. The number of anilines is 1. The summed E-state index contributed by atoms with van der Waals surface area (Å²) < 4.78 is 27.9. The molecule has 4 rings (SSSR count). The monoisotopic (exact) mass is 373 g/mol. The van der Waals surface area contributed by atoms with Gasteiger partial charge in [-0.1, -0.05) is 0 Å². The molecular weight excluding hydrogens is 356 g/mol. The number of aromatic nitrogens is 2. The van der Waals surface area contributed by atoms with Crippen LogP contribution in [0.5, 0.6) is 0 Å². The topological polar surface area (TPSA) is 46.1 Å². The fraction of sp³-hybridized carbons (Fsp3) is 0.316. The number of fused-ring (bicyclic) bond motifs is 2. The van der Waals surface area contributed by atoms with Crippen molar-refractivity contribution in [3.05, 3.63) is 51.3 Å². The van der Waals surface area contributed by atoms with Crippen LogP contribution in [0.15, 0.2) is 12.1 Å². The highest BCUT2D eigenvalue weighted by atomic mass is 32.1. The Morgan fingerprint density at radius 2 is 1.96 bits per heavy atom. The van der Waals surface area contributed by atoms with Crippen LogP contribution in [-0.4, -0.2) is 22.4 Å². The maximum atomic E-state index is 14.1.